The van der Waals surface area contributed by atoms with Gasteiger partial charge in [0.15, 0.2) is 0 Å². The lowest BCUT2D eigenvalue weighted by atomic mass is 10.0. The first-order chi connectivity index (χ1) is 11.2. The predicted molar refractivity (Wildman–Crippen MR) is 91.8 cm³/mol. The summed E-state index contributed by atoms with van der Waals surface area (Å²) < 4.78 is 0. The topological polar surface area (TPSA) is 79.8 Å². The van der Waals surface area contributed by atoms with Crippen LogP contribution in [0.5, 0.6) is 0 Å². The molecule has 1 fully saturated rings. The van der Waals surface area contributed by atoms with Crippen LogP contribution in [-0.4, -0.2) is 27.1 Å². The highest BCUT2D eigenvalue weighted by molar-refractivity contribution is 7.13. The van der Waals surface area contributed by atoms with Crippen molar-refractivity contribution in [3.8, 4) is 0 Å². The highest BCUT2D eigenvalue weighted by Crippen LogP contribution is 2.24. The first kappa shape index (κ1) is 15.9. The fourth-order valence-corrected chi connectivity index (χ4v) is 3.29. The number of pyridine rings is 1. The molecule has 7 heteroatoms. The number of carbonyl (C=O) groups excluding carboxylic acids is 1. The molecule has 2 unspecified atom stereocenters. The van der Waals surface area contributed by atoms with Gasteiger partial charge in [-0.3, -0.25) is 10.1 Å². The Balaban J connectivity index is 1.57. The second kappa shape index (κ2) is 7.50. The molecule has 1 amide bonds. The minimum Gasteiger partial charge on any atom is -0.367 e. The maximum Gasteiger partial charge on any atom is 0.259 e. The number of carbonyl (C=O) groups is 1. The molecule has 0 aliphatic heterocycles. The summed E-state index contributed by atoms with van der Waals surface area (Å²) in [6.07, 6.45) is 7.81. The fraction of sp³-hybridized carbons (Fsp3) is 0.500. The van der Waals surface area contributed by atoms with Crippen molar-refractivity contribution >= 4 is 28.2 Å². The summed E-state index contributed by atoms with van der Waals surface area (Å²) in [5.74, 6) is 1.43. The molecule has 3 rings (SSSR count). The van der Waals surface area contributed by atoms with Gasteiger partial charge in [-0.2, -0.15) is 0 Å². The van der Waals surface area contributed by atoms with E-state index in [0.29, 0.717) is 16.7 Å². The van der Waals surface area contributed by atoms with Crippen molar-refractivity contribution in [2.75, 3.05) is 10.6 Å². The lowest BCUT2D eigenvalue weighted by Gasteiger charge is -2.17. The van der Waals surface area contributed by atoms with Crippen LogP contribution in [0.2, 0.25) is 0 Å². The zero-order chi connectivity index (χ0) is 16.1. The van der Waals surface area contributed by atoms with Crippen LogP contribution >= 0.6 is 11.3 Å². The maximum absolute atomic E-state index is 12.1. The first-order valence-corrected chi connectivity index (χ1v) is 8.89. The molecule has 1 saturated carbocycles. The van der Waals surface area contributed by atoms with E-state index in [-0.39, 0.29) is 5.91 Å². The van der Waals surface area contributed by atoms with Gasteiger partial charge < -0.3 is 5.32 Å². The lowest BCUT2D eigenvalue weighted by molar-refractivity contribution is 0.102. The van der Waals surface area contributed by atoms with Gasteiger partial charge in [-0.25, -0.2) is 4.98 Å². The quantitative estimate of drug-likeness (QED) is 0.837. The SMILES string of the molecule is CC1CCCC(Nc2ccc(C(=O)Nc3nncs3)cn2)CC1. The minimum atomic E-state index is -0.218. The van der Waals surface area contributed by atoms with Gasteiger partial charge >= 0.3 is 0 Å². The largest absolute Gasteiger partial charge is 0.367 e. The van der Waals surface area contributed by atoms with Gasteiger partial charge in [0.25, 0.3) is 5.91 Å². The Morgan fingerprint density at radius 3 is 2.91 bits per heavy atom. The van der Waals surface area contributed by atoms with Crippen LogP contribution in [-0.2, 0) is 0 Å². The highest BCUT2D eigenvalue weighted by Gasteiger charge is 2.16. The smallest absolute Gasteiger partial charge is 0.259 e. The summed E-state index contributed by atoms with van der Waals surface area (Å²) in [6.45, 7) is 2.33. The van der Waals surface area contributed by atoms with E-state index in [9.17, 15) is 4.79 Å². The molecule has 2 atom stereocenters. The van der Waals surface area contributed by atoms with E-state index in [1.165, 1.54) is 43.4 Å². The lowest BCUT2D eigenvalue weighted by Crippen LogP contribution is -2.19. The molecule has 2 N–H and O–H groups in total. The van der Waals surface area contributed by atoms with Gasteiger partial charge in [0.1, 0.15) is 11.3 Å². The highest BCUT2D eigenvalue weighted by atomic mass is 32.1. The van der Waals surface area contributed by atoms with Gasteiger partial charge in [0.05, 0.1) is 5.56 Å². The molecule has 2 heterocycles. The number of amides is 1. The van der Waals surface area contributed by atoms with E-state index in [1.54, 1.807) is 17.8 Å². The minimum absolute atomic E-state index is 0.218. The van der Waals surface area contributed by atoms with E-state index >= 15 is 0 Å². The van der Waals surface area contributed by atoms with Gasteiger partial charge in [0.2, 0.25) is 5.13 Å². The van der Waals surface area contributed by atoms with Crippen LogP contribution in [0.25, 0.3) is 0 Å². The molecule has 6 nitrogen and oxygen atoms in total. The van der Waals surface area contributed by atoms with E-state index in [4.69, 9.17) is 0 Å². The Labute approximate surface area is 139 Å². The van der Waals surface area contributed by atoms with Crippen LogP contribution in [0.4, 0.5) is 10.9 Å². The third-order valence-corrected chi connectivity index (χ3v) is 4.82. The molecule has 2 aromatic rings. The Kier molecular flexibility index (Phi) is 5.17. The molecule has 0 bridgehead atoms. The predicted octanol–water partition coefficient (Wildman–Crippen LogP) is 3.57. The molecule has 1 aliphatic rings. The van der Waals surface area contributed by atoms with Crippen LogP contribution < -0.4 is 10.6 Å². The number of hydrogen-bond donors (Lipinski definition) is 2. The van der Waals surface area contributed by atoms with Crippen molar-refractivity contribution in [1.29, 1.82) is 0 Å². The van der Waals surface area contributed by atoms with Gasteiger partial charge in [0, 0.05) is 12.2 Å². The van der Waals surface area contributed by atoms with E-state index < -0.39 is 0 Å². The van der Waals surface area contributed by atoms with Crippen LogP contribution in [0, 0.1) is 5.92 Å². The van der Waals surface area contributed by atoms with Crippen LogP contribution in [0.1, 0.15) is 49.4 Å². The monoisotopic (exact) mass is 331 g/mol. The Morgan fingerprint density at radius 1 is 1.26 bits per heavy atom. The number of rotatable bonds is 4. The van der Waals surface area contributed by atoms with Crippen molar-refractivity contribution < 1.29 is 4.79 Å². The third kappa shape index (κ3) is 4.48. The van der Waals surface area contributed by atoms with Crippen molar-refractivity contribution in [2.24, 2.45) is 5.92 Å². The maximum atomic E-state index is 12.1. The molecule has 1 aliphatic carbocycles. The Bertz CT molecular complexity index is 628. The third-order valence-electron chi connectivity index (χ3n) is 4.22. The second-order valence-electron chi connectivity index (χ2n) is 6.08. The average molecular weight is 331 g/mol. The first-order valence-electron chi connectivity index (χ1n) is 8.01. The molecule has 2 aromatic heterocycles. The number of aromatic nitrogens is 3. The van der Waals surface area contributed by atoms with E-state index in [1.807, 2.05) is 6.07 Å². The number of anilines is 2. The number of nitrogens with one attached hydrogen (secondary N) is 2. The second-order valence-corrected chi connectivity index (χ2v) is 6.92. The summed E-state index contributed by atoms with van der Waals surface area (Å²) in [7, 11) is 0. The van der Waals surface area contributed by atoms with Crippen molar-refractivity contribution in [1.82, 2.24) is 15.2 Å². The zero-order valence-corrected chi connectivity index (χ0v) is 14.0. The molecular weight excluding hydrogens is 310 g/mol. The molecular formula is C16H21N5OS. The van der Waals surface area contributed by atoms with Gasteiger partial charge in [-0.15, -0.1) is 10.2 Å². The average Bonchev–Trinajstić information content (AvgIpc) is 2.97. The standard InChI is InChI=1S/C16H21N5OS/c1-11-3-2-4-13(7-5-11)19-14-8-6-12(9-17-14)15(22)20-16-21-18-10-23-16/h6,8-11,13H,2-5,7H2,1H3,(H,17,19)(H,20,21,22). The summed E-state index contributed by atoms with van der Waals surface area (Å²) in [6, 6.07) is 4.13. The Hall–Kier alpha value is -2.02. The number of hydrogen-bond acceptors (Lipinski definition) is 6. The molecule has 122 valence electrons. The van der Waals surface area contributed by atoms with E-state index in [0.717, 1.165) is 11.7 Å². The molecule has 0 saturated heterocycles. The number of nitrogens with zero attached hydrogens (tertiary/aromatic N) is 3. The molecule has 0 aromatic carbocycles. The van der Waals surface area contributed by atoms with Gasteiger partial charge in [-0.05, 0) is 37.3 Å². The van der Waals surface area contributed by atoms with E-state index in [2.05, 4.69) is 32.7 Å². The summed E-state index contributed by atoms with van der Waals surface area (Å²) in [5.41, 5.74) is 2.09. The molecule has 0 radical (unpaired) electrons. The van der Waals surface area contributed by atoms with Crippen molar-refractivity contribution in [3.63, 3.8) is 0 Å². The zero-order valence-electron chi connectivity index (χ0n) is 13.2. The summed E-state index contributed by atoms with van der Waals surface area (Å²) >= 11 is 1.29. The van der Waals surface area contributed by atoms with Crippen molar-refractivity contribution in [2.45, 2.75) is 45.1 Å². The fourth-order valence-electron chi connectivity index (χ4n) is 2.85. The van der Waals surface area contributed by atoms with Crippen LogP contribution in [0.15, 0.2) is 23.8 Å². The molecule has 0 spiro atoms. The summed E-state index contributed by atoms with van der Waals surface area (Å²) in [5, 5.41) is 14.2. The normalized spacial score (nSPS) is 21.4. The van der Waals surface area contributed by atoms with Gasteiger partial charge in [-0.1, -0.05) is 31.1 Å². The summed E-state index contributed by atoms with van der Waals surface area (Å²) in [4.78, 5) is 16.4. The Morgan fingerprint density at radius 2 is 2.17 bits per heavy atom. The molecule has 23 heavy (non-hydrogen) atoms. The van der Waals surface area contributed by atoms with Crippen LogP contribution in [0.3, 0.4) is 0 Å². The van der Waals surface area contributed by atoms with Crippen molar-refractivity contribution in [3.05, 3.63) is 29.4 Å².